The molecule has 0 saturated heterocycles. The molecule has 0 aliphatic rings. The van der Waals surface area contributed by atoms with E-state index in [1.54, 1.807) is 12.1 Å². The Morgan fingerprint density at radius 2 is 1.09 bits per heavy atom. The average Bonchev–Trinajstić information content (AvgIpc) is 3.76. The molecule has 0 fully saturated rings. The Balaban J connectivity index is 1.29. The van der Waals surface area contributed by atoms with Crippen LogP contribution in [0.2, 0.25) is 0 Å². The molecule has 0 spiro atoms. The van der Waals surface area contributed by atoms with Crippen LogP contribution in [0.25, 0.3) is 99.3 Å². The first-order valence-corrected chi connectivity index (χ1v) is 18.2. The minimum atomic E-state index is -0.307. The van der Waals surface area contributed by atoms with E-state index >= 15 is 0 Å². The van der Waals surface area contributed by atoms with Crippen molar-refractivity contribution in [2.24, 2.45) is 0 Å². The summed E-state index contributed by atoms with van der Waals surface area (Å²) in [5, 5.41) is 19.7. The van der Waals surface area contributed by atoms with E-state index < -0.39 is 0 Å². The summed E-state index contributed by atoms with van der Waals surface area (Å²) in [5.74, 6) is 0.598. The molecule has 0 saturated carbocycles. The van der Waals surface area contributed by atoms with Crippen LogP contribution in [0.3, 0.4) is 0 Å². The van der Waals surface area contributed by atoms with Crippen LogP contribution >= 0.6 is 0 Å². The quantitative estimate of drug-likeness (QED) is 0.132. The van der Waals surface area contributed by atoms with E-state index in [0.717, 1.165) is 87.8 Å². The highest BCUT2D eigenvalue weighted by Gasteiger charge is 2.23. The zero-order valence-corrected chi connectivity index (χ0v) is 29.3. The second-order valence-electron chi connectivity index (χ2n) is 13.8. The smallest absolute Gasteiger partial charge is 0.277 e. The standard InChI is InChI=1S/C48H29N5O2/c54-53(55)41-22-12-8-17-34(41)32-25-26-40-37(29-32)46-42(51(40)33-15-5-2-6-16-33)27-23-30-24-28-43-45(44(30)46)36-19-9-11-21-39(36)52(43)48-49-38-20-10-7-18-35(38)47(50-48)31-13-3-1-4-14-31/h1-29H. The van der Waals surface area contributed by atoms with Crippen LogP contribution in [0, 0.1) is 10.1 Å². The summed E-state index contributed by atoms with van der Waals surface area (Å²) in [5.41, 5.74) is 9.32. The number of nitro benzene ring substituents is 1. The Kier molecular flexibility index (Phi) is 6.72. The second-order valence-corrected chi connectivity index (χ2v) is 13.8. The average molecular weight is 708 g/mol. The van der Waals surface area contributed by atoms with Crippen molar-refractivity contribution in [1.29, 1.82) is 0 Å². The van der Waals surface area contributed by atoms with Gasteiger partial charge in [0.1, 0.15) is 0 Å². The van der Waals surface area contributed by atoms with E-state index in [2.05, 4.69) is 112 Å². The molecule has 3 heterocycles. The van der Waals surface area contributed by atoms with Gasteiger partial charge in [-0.1, -0.05) is 115 Å². The molecule has 3 aromatic heterocycles. The number of para-hydroxylation sites is 4. The maximum absolute atomic E-state index is 12.2. The monoisotopic (exact) mass is 707 g/mol. The van der Waals surface area contributed by atoms with Crippen molar-refractivity contribution >= 4 is 71.0 Å². The normalized spacial score (nSPS) is 11.8. The summed E-state index contributed by atoms with van der Waals surface area (Å²) in [6, 6.07) is 59.2. The van der Waals surface area contributed by atoms with E-state index in [0.29, 0.717) is 11.5 Å². The van der Waals surface area contributed by atoms with Crippen molar-refractivity contribution in [3.8, 4) is 34.0 Å². The predicted octanol–water partition coefficient (Wildman–Crippen LogP) is 12.2. The van der Waals surface area contributed by atoms with E-state index in [4.69, 9.17) is 9.97 Å². The van der Waals surface area contributed by atoms with Gasteiger partial charge in [-0.25, -0.2) is 9.97 Å². The summed E-state index contributed by atoms with van der Waals surface area (Å²) in [4.78, 5) is 22.4. The van der Waals surface area contributed by atoms with Crippen molar-refractivity contribution in [3.05, 3.63) is 186 Å². The lowest BCUT2D eigenvalue weighted by Gasteiger charge is -2.12. The van der Waals surface area contributed by atoms with Crippen molar-refractivity contribution in [2.75, 3.05) is 0 Å². The number of aromatic nitrogens is 4. The fourth-order valence-corrected chi connectivity index (χ4v) is 8.48. The molecule has 0 radical (unpaired) electrons. The first-order valence-electron chi connectivity index (χ1n) is 18.2. The van der Waals surface area contributed by atoms with Gasteiger partial charge >= 0.3 is 0 Å². The third kappa shape index (κ3) is 4.63. The van der Waals surface area contributed by atoms with Crippen molar-refractivity contribution in [3.63, 3.8) is 0 Å². The summed E-state index contributed by atoms with van der Waals surface area (Å²) < 4.78 is 4.49. The van der Waals surface area contributed by atoms with Crippen molar-refractivity contribution in [1.82, 2.24) is 19.1 Å². The molecule has 0 amide bonds. The van der Waals surface area contributed by atoms with E-state index in [-0.39, 0.29) is 10.6 Å². The van der Waals surface area contributed by atoms with Crippen LogP contribution in [0.1, 0.15) is 0 Å². The number of rotatable bonds is 5. The molecule has 55 heavy (non-hydrogen) atoms. The van der Waals surface area contributed by atoms with Gasteiger partial charge in [-0.15, -0.1) is 0 Å². The van der Waals surface area contributed by atoms with E-state index in [9.17, 15) is 10.1 Å². The molecule has 11 aromatic rings. The Morgan fingerprint density at radius 3 is 1.89 bits per heavy atom. The minimum Gasteiger partial charge on any atom is -0.309 e. The van der Waals surface area contributed by atoms with Gasteiger partial charge in [-0.05, 0) is 65.5 Å². The molecular weight excluding hydrogens is 679 g/mol. The highest BCUT2D eigenvalue weighted by molar-refractivity contribution is 6.33. The third-order valence-electron chi connectivity index (χ3n) is 10.8. The largest absolute Gasteiger partial charge is 0.309 e. The van der Waals surface area contributed by atoms with Crippen LogP contribution in [0.4, 0.5) is 5.69 Å². The van der Waals surface area contributed by atoms with Gasteiger partial charge < -0.3 is 4.57 Å². The van der Waals surface area contributed by atoms with E-state index in [1.807, 2.05) is 60.7 Å². The number of hydrogen-bond donors (Lipinski definition) is 0. The zero-order valence-electron chi connectivity index (χ0n) is 29.3. The van der Waals surface area contributed by atoms with Gasteiger partial charge in [0.05, 0.1) is 43.8 Å². The molecule has 8 aromatic carbocycles. The fraction of sp³-hybridized carbons (Fsp3) is 0. The van der Waals surface area contributed by atoms with Crippen LogP contribution in [0.15, 0.2) is 176 Å². The molecule has 0 unspecified atom stereocenters. The molecule has 0 aliphatic carbocycles. The van der Waals surface area contributed by atoms with Gasteiger partial charge in [0.2, 0.25) is 5.95 Å². The Labute approximate surface area is 314 Å². The van der Waals surface area contributed by atoms with Crippen LogP contribution < -0.4 is 0 Å². The van der Waals surface area contributed by atoms with Gasteiger partial charge in [-0.3, -0.25) is 14.7 Å². The van der Waals surface area contributed by atoms with Crippen molar-refractivity contribution in [2.45, 2.75) is 0 Å². The van der Waals surface area contributed by atoms with Crippen LogP contribution in [-0.4, -0.2) is 24.0 Å². The minimum absolute atomic E-state index is 0.0780. The number of nitrogens with zero attached hydrogens (tertiary/aromatic N) is 5. The zero-order chi connectivity index (χ0) is 36.6. The lowest BCUT2D eigenvalue weighted by atomic mass is 9.96. The highest BCUT2D eigenvalue weighted by Crippen LogP contribution is 2.45. The molecule has 11 rings (SSSR count). The van der Waals surface area contributed by atoms with Gasteiger partial charge in [0.15, 0.2) is 0 Å². The van der Waals surface area contributed by atoms with Gasteiger partial charge in [-0.2, -0.15) is 0 Å². The fourth-order valence-electron chi connectivity index (χ4n) is 8.48. The number of fused-ring (bicyclic) bond motifs is 10. The van der Waals surface area contributed by atoms with Crippen molar-refractivity contribution < 1.29 is 4.92 Å². The lowest BCUT2D eigenvalue weighted by Crippen LogP contribution is -2.03. The molecule has 7 heteroatoms. The summed E-state index contributed by atoms with van der Waals surface area (Å²) in [6.07, 6.45) is 0. The second kappa shape index (κ2) is 11.9. The predicted molar refractivity (Wildman–Crippen MR) is 223 cm³/mol. The number of benzene rings is 8. The first-order chi connectivity index (χ1) is 27.1. The lowest BCUT2D eigenvalue weighted by molar-refractivity contribution is -0.384. The molecule has 0 atom stereocenters. The third-order valence-corrected chi connectivity index (χ3v) is 10.8. The highest BCUT2D eigenvalue weighted by atomic mass is 16.6. The van der Waals surface area contributed by atoms with Crippen LogP contribution in [-0.2, 0) is 0 Å². The molecule has 258 valence electrons. The number of hydrogen-bond acceptors (Lipinski definition) is 4. The number of nitro groups is 1. The molecule has 7 nitrogen and oxygen atoms in total. The molecule has 0 N–H and O–H groups in total. The molecule has 0 bridgehead atoms. The van der Waals surface area contributed by atoms with E-state index in [1.165, 1.54) is 0 Å². The Morgan fingerprint density at radius 1 is 0.473 bits per heavy atom. The summed E-state index contributed by atoms with van der Waals surface area (Å²) in [6.45, 7) is 0. The Hall–Kier alpha value is -7.64. The first kappa shape index (κ1) is 30.9. The molecule has 0 aliphatic heterocycles. The topological polar surface area (TPSA) is 78.8 Å². The SMILES string of the molecule is O=[N+]([O-])c1ccccc1-c1ccc2c(c1)c1c3c(ccc1n2-c1ccccc1)ccc1c3c2ccccc2n1-c1nc(-c2ccccc2)c2ccccc2n1. The van der Waals surface area contributed by atoms with Crippen LogP contribution in [0.5, 0.6) is 0 Å². The van der Waals surface area contributed by atoms with Gasteiger partial charge in [0, 0.05) is 49.6 Å². The Bertz CT molecular complexity index is 3350. The molecular formula is C48H29N5O2. The maximum Gasteiger partial charge on any atom is 0.277 e. The van der Waals surface area contributed by atoms with Gasteiger partial charge in [0.25, 0.3) is 5.69 Å². The summed E-state index contributed by atoms with van der Waals surface area (Å²) in [7, 11) is 0. The summed E-state index contributed by atoms with van der Waals surface area (Å²) >= 11 is 0. The maximum atomic E-state index is 12.2.